The first kappa shape index (κ1) is 11.2. The Morgan fingerprint density at radius 2 is 2.47 bits per heavy atom. The highest BCUT2D eigenvalue weighted by molar-refractivity contribution is 8.01. The average Bonchev–Trinajstić information content (AvgIpc) is 2.95. The minimum Gasteiger partial charge on any atom is -0.472 e. The third kappa shape index (κ3) is 1.87. The number of nitrogens with zero attached hydrogens (tertiary/aromatic N) is 1. The minimum absolute atomic E-state index is 0.0749. The normalized spacial score (nSPS) is 26.2. The highest BCUT2D eigenvalue weighted by Gasteiger charge is 2.50. The van der Waals surface area contributed by atoms with Crippen molar-refractivity contribution in [2.45, 2.75) is 17.3 Å². The summed E-state index contributed by atoms with van der Waals surface area (Å²) >= 11 is 1.94. The molecule has 1 aromatic rings. The van der Waals surface area contributed by atoms with Gasteiger partial charge in [0.25, 0.3) is 5.91 Å². The number of rotatable bonds is 2. The van der Waals surface area contributed by atoms with E-state index in [-0.39, 0.29) is 10.7 Å². The zero-order valence-electron chi connectivity index (χ0n) is 9.72. The summed E-state index contributed by atoms with van der Waals surface area (Å²) in [7, 11) is 1.76. The molecule has 2 saturated heterocycles. The number of amides is 1. The van der Waals surface area contributed by atoms with E-state index in [9.17, 15) is 4.79 Å². The molecule has 1 unspecified atom stereocenters. The number of hydrogen-bond donors (Lipinski definition) is 0. The molecular formula is C12H15NO3S. The second-order valence-corrected chi connectivity index (χ2v) is 6.22. The number of ether oxygens (including phenoxy) is 1. The fraction of sp³-hybridized carbons (Fsp3) is 0.583. The summed E-state index contributed by atoms with van der Waals surface area (Å²) in [6.45, 7) is 1.67. The van der Waals surface area contributed by atoms with E-state index in [0.717, 1.165) is 25.3 Å². The molecule has 92 valence electrons. The van der Waals surface area contributed by atoms with Gasteiger partial charge in [-0.25, -0.2) is 0 Å². The van der Waals surface area contributed by atoms with Crippen LogP contribution in [0.25, 0.3) is 0 Å². The van der Waals surface area contributed by atoms with Gasteiger partial charge in [-0.2, -0.15) is 0 Å². The molecule has 2 aliphatic rings. The third-order valence-electron chi connectivity index (χ3n) is 3.52. The van der Waals surface area contributed by atoms with Crippen LogP contribution >= 0.6 is 11.8 Å². The maximum absolute atomic E-state index is 12.0. The highest BCUT2D eigenvalue weighted by Crippen LogP contribution is 2.46. The maximum atomic E-state index is 12.0. The molecule has 5 heteroatoms. The van der Waals surface area contributed by atoms with Gasteiger partial charge in [-0.05, 0) is 12.5 Å². The number of thioether (sulfide) groups is 1. The van der Waals surface area contributed by atoms with E-state index in [2.05, 4.69) is 0 Å². The van der Waals surface area contributed by atoms with Crippen LogP contribution in [0.15, 0.2) is 23.0 Å². The lowest BCUT2D eigenvalue weighted by Crippen LogP contribution is -2.60. The molecule has 4 nitrogen and oxygen atoms in total. The van der Waals surface area contributed by atoms with Gasteiger partial charge < -0.3 is 14.1 Å². The van der Waals surface area contributed by atoms with Crippen LogP contribution in [0.2, 0.25) is 0 Å². The lowest BCUT2D eigenvalue weighted by molar-refractivity contribution is 0.0451. The molecular weight excluding hydrogens is 238 g/mol. The molecule has 1 atom stereocenters. The molecule has 3 heterocycles. The SMILES string of the molecule is COC1CSC2(C1)CN(C(=O)c1ccoc1)C2. The highest BCUT2D eigenvalue weighted by atomic mass is 32.2. The summed E-state index contributed by atoms with van der Waals surface area (Å²) < 4.78 is 10.6. The largest absolute Gasteiger partial charge is 0.472 e. The number of furan rings is 1. The van der Waals surface area contributed by atoms with E-state index in [1.165, 1.54) is 12.5 Å². The lowest BCUT2D eigenvalue weighted by atomic mass is 9.92. The molecule has 2 fully saturated rings. The number of hydrogen-bond acceptors (Lipinski definition) is 4. The van der Waals surface area contributed by atoms with Crippen LogP contribution in [0, 0.1) is 0 Å². The smallest absolute Gasteiger partial charge is 0.257 e. The molecule has 1 spiro atoms. The monoisotopic (exact) mass is 253 g/mol. The molecule has 2 aliphatic heterocycles. The summed E-state index contributed by atoms with van der Waals surface area (Å²) in [5.41, 5.74) is 0.645. The van der Waals surface area contributed by atoms with E-state index in [1.54, 1.807) is 13.2 Å². The van der Waals surface area contributed by atoms with Crippen molar-refractivity contribution < 1.29 is 13.9 Å². The quantitative estimate of drug-likeness (QED) is 0.803. The van der Waals surface area contributed by atoms with Crippen molar-refractivity contribution in [2.75, 3.05) is 26.0 Å². The average molecular weight is 253 g/mol. The van der Waals surface area contributed by atoms with Crippen molar-refractivity contribution in [1.82, 2.24) is 4.90 Å². The summed E-state index contributed by atoms with van der Waals surface area (Å²) in [6, 6.07) is 1.72. The molecule has 17 heavy (non-hydrogen) atoms. The van der Waals surface area contributed by atoms with Crippen molar-refractivity contribution in [2.24, 2.45) is 0 Å². The summed E-state index contributed by atoms with van der Waals surface area (Å²) in [5, 5.41) is 0. The van der Waals surface area contributed by atoms with Crippen LogP contribution in [-0.2, 0) is 4.74 Å². The van der Waals surface area contributed by atoms with Crippen LogP contribution in [0.5, 0.6) is 0 Å². The molecule has 0 N–H and O–H groups in total. The van der Waals surface area contributed by atoms with Crippen LogP contribution in [0.3, 0.4) is 0 Å². The first-order valence-corrected chi connectivity index (χ1v) is 6.69. The van der Waals surface area contributed by atoms with Gasteiger partial charge in [0.15, 0.2) is 0 Å². The van der Waals surface area contributed by atoms with Gasteiger partial charge in [-0.1, -0.05) is 0 Å². The summed E-state index contributed by atoms with van der Waals surface area (Å²) in [5.74, 6) is 1.12. The van der Waals surface area contributed by atoms with Gasteiger partial charge in [0.2, 0.25) is 0 Å². The maximum Gasteiger partial charge on any atom is 0.257 e. The van der Waals surface area contributed by atoms with Crippen LogP contribution < -0.4 is 0 Å². The fourth-order valence-corrected chi connectivity index (χ4v) is 4.13. The summed E-state index contributed by atoms with van der Waals surface area (Å²) in [4.78, 5) is 13.9. The molecule has 0 saturated carbocycles. The van der Waals surface area contributed by atoms with Crippen molar-refractivity contribution in [3.63, 3.8) is 0 Å². The van der Waals surface area contributed by atoms with Crippen molar-refractivity contribution in [1.29, 1.82) is 0 Å². The van der Waals surface area contributed by atoms with Gasteiger partial charge in [0, 0.05) is 26.0 Å². The Morgan fingerprint density at radius 1 is 1.65 bits per heavy atom. The van der Waals surface area contributed by atoms with Gasteiger partial charge in [0.1, 0.15) is 6.26 Å². The van der Waals surface area contributed by atoms with E-state index >= 15 is 0 Å². The standard InChI is InChI=1S/C12H15NO3S/c1-15-10-4-12(17-6-10)7-13(8-12)11(14)9-2-3-16-5-9/h2-3,5,10H,4,6-8H2,1H3. The van der Waals surface area contributed by atoms with Crippen molar-refractivity contribution in [3.8, 4) is 0 Å². The second kappa shape index (κ2) is 4.07. The van der Waals surface area contributed by atoms with Crippen molar-refractivity contribution in [3.05, 3.63) is 24.2 Å². The van der Waals surface area contributed by atoms with E-state index < -0.39 is 0 Å². The van der Waals surface area contributed by atoms with E-state index in [4.69, 9.17) is 9.15 Å². The van der Waals surface area contributed by atoms with Crippen LogP contribution in [0.1, 0.15) is 16.8 Å². The first-order valence-electron chi connectivity index (χ1n) is 5.71. The molecule has 0 bridgehead atoms. The zero-order chi connectivity index (χ0) is 11.9. The number of likely N-dealkylation sites (tertiary alicyclic amines) is 1. The fourth-order valence-electron chi connectivity index (χ4n) is 2.54. The first-order chi connectivity index (χ1) is 8.22. The van der Waals surface area contributed by atoms with Crippen LogP contribution in [-0.4, -0.2) is 47.6 Å². The molecule has 1 aromatic heterocycles. The zero-order valence-corrected chi connectivity index (χ0v) is 10.5. The van der Waals surface area contributed by atoms with Gasteiger partial charge in [-0.3, -0.25) is 4.79 Å². The molecule has 1 amide bonds. The minimum atomic E-state index is 0.0749. The Balaban J connectivity index is 1.60. The van der Waals surface area contributed by atoms with E-state index in [1.807, 2.05) is 16.7 Å². The topological polar surface area (TPSA) is 42.7 Å². The Hall–Kier alpha value is -0.940. The number of methoxy groups -OCH3 is 1. The molecule has 0 aliphatic carbocycles. The van der Waals surface area contributed by atoms with E-state index in [0.29, 0.717) is 11.7 Å². The summed E-state index contributed by atoms with van der Waals surface area (Å²) in [6.07, 6.45) is 4.45. The third-order valence-corrected chi connectivity index (χ3v) is 5.10. The van der Waals surface area contributed by atoms with Crippen LogP contribution in [0.4, 0.5) is 0 Å². The number of carbonyl (C=O) groups is 1. The predicted molar refractivity (Wildman–Crippen MR) is 65.2 cm³/mol. The Bertz CT molecular complexity index is 411. The predicted octanol–water partition coefficient (Wildman–Crippen LogP) is 1.63. The Labute approximate surface area is 104 Å². The second-order valence-electron chi connectivity index (χ2n) is 4.73. The van der Waals surface area contributed by atoms with Gasteiger partial charge in [0.05, 0.1) is 22.7 Å². The Morgan fingerprint density at radius 3 is 3.06 bits per heavy atom. The molecule has 3 rings (SSSR count). The molecule has 0 radical (unpaired) electrons. The number of carbonyl (C=O) groups excluding carboxylic acids is 1. The van der Waals surface area contributed by atoms with Gasteiger partial charge >= 0.3 is 0 Å². The lowest BCUT2D eigenvalue weighted by Gasteiger charge is -2.47. The van der Waals surface area contributed by atoms with Gasteiger partial charge in [-0.15, -0.1) is 11.8 Å². The van der Waals surface area contributed by atoms with Crippen molar-refractivity contribution >= 4 is 17.7 Å². The Kier molecular flexibility index (Phi) is 2.67. The molecule has 0 aromatic carbocycles.